The van der Waals surface area contributed by atoms with Crippen molar-refractivity contribution in [3.63, 3.8) is 0 Å². The summed E-state index contributed by atoms with van der Waals surface area (Å²) in [5.41, 5.74) is -1.53. The standard InChI is InChI=1S/C14H25NO5/c1-3-19-9-12(17)15-6-4-14(5-7-15)10-13(2,18)11(16)8-20-14/h11,16,18H,3-10H2,1-2H3/t11-,13-/m0/s1. The van der Waals surface area contributed by atoms with E-state index in [1.54, 1.807) is 11.8 Å². The number of piperidine rings is 1. The second kappa shape index (κ2) is 5.97. The van der Waals surface area contributed by atoms with E-state index in [2.05, 4.69) is 0 Å². The molecule has 6 nitrogen and oxygen atoms in total. The Hall–Kier alpha value is -0.690. The average molecular weight is 287 g/mol. The van der Waals surface area contributed by atoms with E-state index in [9.17, 15) is 15.0 Å². The van der Waals surface area contributed by atoms with E-state index in [1.807, 2.05) is 6.92 Å². The largest absolute Gasteiger partial charge is 0.388 e. The number of hydrogen-bond donors (Lipinski definition) is 2. The zero-order valence-corrected chi connectivity index (χ0v) is 12.3. The molecule has 2 aliphatic heterocycles. The lowest BCUT2D eigenvalue weighted by Gasteiger charge is -2.49. The van der Waals surface area contributed by atoms with Gasteiger partial charge in [0.1, 0.15) is 12.7 Å². The molecule has 0 bridgehead atoms. The van der Waals surface area contributed by atoms with Crippen LogP contribution in [0, 0.1) is 0 Å². The van der Waals surface area contributed by atoms with E-state index in [4.69, 9.17) is 9.47 Å². The molecule has 116 valence electrons. The second-order valence-corrected chi connectivity index (χ2v) is 6.06. The van der Waals surface area contributed by atoms with Gasteiger partial charge in [0.15, 0.2) is 0 Å². The minimum absolute atomic E-state index is 0.00399. The van der Waals surface area contributed by atoms with E-state index < -0.39 is 17.3 Å². The smallest absolute Gasteiger partial charge is 0.248 e. The van der Waals surface area contributed by atoms with Crippen molar-refractivity contribution in [1.82, 2.24) is 4.90 Å². The normalized spacial score (nSPS) is 33.4. The first-order chi connectivity index (χ1) is 9.38. The zero-order chi connectivity index (χ0) is 14.8. The summed E-state index contributed by atoms with van der Waals surface area (Å²) in [6.45, 7) is 5.54. The van der Waals surface area contributed by atoms with Crippen molar-refractivity contribution in [3.05, 3.63) is 0 Å². The molecule has 2 saturated heterocycles. The van der Waals surface area contributed by atoms with Crippen LogP contribution in [-0.2, 0) is 14.3 Å². The molecule has 0 unspecified atom stereocenters. The predicted octanol–water partition coefficient (Wildman–Crippen LogP) is -0.0837. The van der Waals surface area contributed by atoms with E-state index >= 15 is 0 Å². The quantitative estimate of drug-likeness (QED) is 0.759. The molecule has 0 aliphatic carbocycles. The second-order valence-electron chi connectivity index (χ2n) is 6.06. The Morgan fingerprint density at radius 3 is 2.65 bits per heavy atom. The third-order valence-electron chi connectivity index (χ3n) is 4.40. The lowest BCUT2D eigenvalue weighted by Crippen LogP contribution is -2.59. The van der Waals surface area contributed by atoms with E-state index in [0.717, 1.165) is 0 Å². The first kappa shape index (κ1) is 15.7. The third kappa shape index (κ3) is 3.31. The van der Waals surface area contributed by atoms with Gasteiger partial charge in [-0.3, -0.25) is 4.79 Å². The molecule has 1 spiro atoms. The molecule has 0 aromatic heterocycles. The molecule has 0 aromatic carbocycles. The molecule has 2 rings (SSSR count). The number of aliphatic hydroxyl groups is 2. The molecular formula is C14H25NO5. The third-order valence-corrected chi connectivity index (χ3v) is 4.40. The lowest BCUT2D eigenvalue weighted by molar-refractivity contribution is -0.223. The number of hydrogen-bond acceptors (Lipinski definition) is 5. The molecule has 2 atom stereocenters. The molecule has 20 heavy (non-hydrogen) atoms. The minimum atomic E-state index is -1.12. The van der Waals surface area contributed by atoms with Gasteiger partial charge in [0.25, 0.3) is 0 Å². The number of likely N-dealkylation sites (tertiary alicyclic amines) is 1. The number of aliphatic hydroxyl groups excluding tert-OH is 1. The fourth-order valence-corrected chi connectivity index (χ4v) is 3.02. The maximum Gasteiger partial charge on any atom is 0.248 e. The monoisotopic (exact) mass is 287 g/mol. The first-order valence-corrected chi connectivity index (χ1v) is 7.28. The summed E-state index contributed by atoms with van der Waals surface area (Å²) in [6.07, 6.45) is 0.946. The van der Waals surface area contributed by atoms with Crippen LogP contribution >= 0.6 is 0 Å². The number of amides is 1. The molecule has 0 aromatic rings. The summed E-state index contributed by atoms with van der Waals surface area (Å²) in [7, 11) is 0. The van der Waals surface area contributed by atoms with Gasteiger partial charge in [-0.15, -0.1) is 0 Å². The Balaban J connectivity index is 1.89. The first-order valence-electron chi connectivity index (χ1n) is 7.28. The molecule has 2 N–H and O–H groups in total. The Morgan fingerprint density at radius 1 is 1.45 bits per heavy atom. The molecule has 2 fully saturated rings. The van der Waals surface area contributed by atoms with Gasteiger partial charge >= 0.3 is 0 Å². The fraction of sp³-hybridized carbons (Fsp3) is 0.929. The minimum Gasteiger partial charge on any atom is -0.388 e. The van der Waals surface area contributed by atoms with Crippen LogP contribution < -0.4 is 0 Å². The summed E-state index contributed by atoms with van der Waals surface area (Å²) in [5.74, 6) is 0.00399. The number of carbonyl (C=O) groups excluding carboxylic acids is 1. The summed E-state index contributed by atoms with van der Waals surface area (Å²) >= 11 is 0. The number of ether oxygens (including phenoxy) is 2. The van der Waals surface area contributed by atoms with Gasteiger partial charge in [0, 0.05) is 26.1 Å². The van der Waals surface area contributed by atoms with Gasteiger partial charge in [-0.05, 0) is 26.7 Å². The van der Waals surface area contributed by atoms with Crippen LogP contribution in [0.5, 0.6) is 0 Å². The Bertz CT molecular complexity index is 349. The summed E-state index contributed by atoms with van der Waals surface area (Å²) < 4.78 is 10.9. The van der Waals surface area contributed by atoms with Crippen LogP contribution in [0.1, 0.15) is 33.1 Å². The van der Waals surface area contributed by atoms with Gasteiger partial charge in [-0.1, -0.05) is 0 Å². The van der Waals surface area contributed by atoms with Crippen LogP contribution in [0.2, 0.25) is 0 Å². The Kier molecular flexibility index (Phi) is 4.69. The highest BCUT2D eigenvalue weighted by atomic mass is 16.5. The van der Waals surface area contributed by atoms with Gasteiger partial charge in [0.2, 0.25) is 5.91 Å². The maximum absolute atomic E-state index is 11.9. The number of nitrogens with zero attached hydrogens (tertiary/aromatic N) is 1. The van der Waals surface area contributed by atoms with Crippen molar-refractivity contribution in [3.8, 4) is 0 Å². The van der Waals surface area contributed by atoms with Crippen molar-refractivity contribution in [2.75, 3.05) is 32.9 Å². The van der Waals surface area contributed by atoms with Crippen molar-refractivity contribution in [2.45, 2.75) is 50.4 Å². The molecule has 6 heteroatoms. The van der Waals surface area contributed by atoms with Crippen molar-refractivity contribution < 1.29 is 24.5 Å². The highest BCUT2D eigenvalue weighted by Crippen LogP contribution is 2.39. The maximum atomic E-state index is 11.9. The van der Waals surface area contributed by atoms with Crippen LogP contribution in [0.4, 0.5) is 0 Å². The summed E-state index contributed by atoms with van der Waals surface area (Å²) in [4.78, 5) is 13.7. The van der Waals surface area contributed by atoms with Gasteiger partial charge < -0.3 is 24.6 Å². The summed E-state index contributed by atoms with van der Waals surface area (Å²) in [6, 6.07) is 0. The highest BCUT2D eigenvalue weighted by molar-refractivity contribution is 5.77. The lowest BCUT2D eigenvalue weighted by atomic mass is 9.76. The zero-order valence-electron chi connectivity index (χ0n) is 12.3. The molecule has 0 radical (unpaired) electrons. The molecule has 2 heterocycles. The molecule has 2 aliphatic rings. The van der Waals surface area contributed by atoms with Crippen molar-refractivity contribution in [2.24, 2.45) is 0 Å². The van der Waals surface area contributed by atoms with Crippen LogP contribution in [-0.4, -0.2) is 71.2 Å². The fourth-order valence-electron chi connectivity index (χ4n) is 3.02. The van der Waals surface area contributed by atoms with Crippen LogP contribution in [0.3, 0.4) is 0 Å². The topological polar surface area (TPSA) is 79.2 Å². The number of carbonyl (C=O) groups is 1. The van der Waals surface area contributed by atoms with Gasteiger partial charge in [0.05, 0.1) is 17.8 Å². The molecule has 0 saturated carbocycles. The van der Waals surface area contributed by atoms with Gasteiger partial charge in [-0.25, -0.2) is 0 Å². The van der Waals surface area contributed by atoms with Crippen LogP contribution in [0.25, 0.3) is 0 Å². The van der Waals surface area contributed by atoms with Crippen molar-refractivity contribution in [1.29, 1.82) is 0 Å². The van der Waals surface area contributed by atoms with Crippen LogP contribution in [0.15, 0.2) is 0 Å². The molecular weight excluding hydrogens is 262 g/mol. The summed E-state index contributed by atoms with van der Waals surface area (Å²) in [5, 5.41) is 20.0. The Morgan fingerprint density at radius 2 is 2.10 bits per heavy atom. The van der Waals surface area contributed by atoms with Gasteiger partial charge in [-0.2, -0.15) is 0 Å². The Labute approximate surface area is 119 Å². The SMILES string of the molecule is CCOCC(=O)N1CCC2(CC1)C[C@](C)(O)[C@@H](O)CO2. The predicted molar refractivity (Wildman–Crippen MR) is 72.2 cm³/mol. The van der Waals surface area contributed by atoms with E-state index in [1.165, 1.54) is 0 Å². The average Bonchev–Trinajstić information content (AvgIpc) is 2.41. The molecule has 1 amide bonds. The van der Waals surface area contributed by atoms with E-state index in [0.29, 0.717) is 39.0 Å². The number of rotatable bonds is 3. The van der Waals surface area contributed by atoms with Crippen molar-refractivity contribution >= 4 is 5.91 Å². The highest BCUT2D eigenvalue weighted by Gasteiger charge is 2.48. The van der Waals surface area contributed by atoms with E-state index in [-0.39, 0.29) is 19.1 Å².